The average Bonchev–Trinajstić information content (AvgIpc) is 3.01. The third-order valence-corrected chi connectivity index (χ3v) is 9.01. The van der Waals surface area contributed by atoms with Crippen molar-refractivity contribution < 1.29 is 22.4 Å². The zero-order valence-electron chi connectivity index (χ0n) is 25.2. The van der Waals surface area contributed by atoms with Gasteiger partial charge in [-0.15, -0.1) is 0 Å². The SMILES string of the molecule is CCCNC(=O)[C@@H](Cc1ccccc1)N(Cc1ccccc1F)C(=O)CN(c1cc(C)cc(C)c1)S(=O)(=O)c1ccccc1. The van der Waals surface area contributed by atoms with Gasteiger partial charge in [-0.2, -0.15) is 0 Å². The summed E-state index contributed by atoms with van der Waals surface area (Å²) in [6.07, 6.45) is 0.840. The number of nitrogens with one attached hydrogen (secondary N) is 1. The molecule has 44 heavy (non-hydrogen) atoms. The lowest BCUT2D eigenvalue weighted by atomic mass is 10.0. The van der Waals surface area contributed by atoms with E-state index in [0.717, 1.165) is 21.0 Å². The molecule has 0 bridgehead atoms. The molecule has 0 saturated heterocycles. The predicted molar refractivity (Wildman–Crippen MR) is 171 cm³/mol. The number of aryl methyl sites for hydroxylation is 2. The molecule has 0 fully saturated rings. The van der Waals surface area contributed by atoms with Crippen molar-refractivity contribution in [2.24, 2.45) is 0 Å². The molecule has 0 radical (unpaired) electrons. The number of halogens is 1. The Hall–Kier alpha value is -4.50. The van der Waals surface area contributed by atoms with E-state index < -0.39 is 40.2 Å². The quantitative estimate of drug-likeness (QED) is 0.206. The standard InChI is InChI=1S/C35H38FN3O4S/c1-4-19-37-35(41)33(23-28-13-7-5-8-14-28)38(24-29-15-11-12-18-32(29)36)34(40)25-39(30-21-26(2)20-27(3)22-30)44(42,43)31-16-9-6-10-17-31/h5-18,20-22,33H,4,19,23-25H2,1-3H3,(H,37,41)/t33-/m1/s1. The third kappa shape index (κ3) is 8.11. The highest BCUT2D eigenvalue weighted by Gasteiger charge is 2.35. The minimum atomic E-state index is -4.21. The van der Waals surface area contributed by atoms with Gasteiger partial charge in [-0.3, -0.25) is 13.9 Å². The third-order valence-electron chi connectivity index (χ3n) is 7.22. The second kappa shape index (κ2) is 14.8. The lowest BCUT2D eigenvalue weighted by Crippen LogP contribution is -2.53. The van der Waals surface area contributed by atoms with Gasteiger partial charge < -0.3 is 10.2 Å². The number of carbonyl (C=O) groups excluding carboxylic acids is 2. The molecule has 0 unspecified atom stereocenters. The monoisotopic (exact) mass is 615 g/mol. The van der Waals surface area contributed by atoms with Gasteiger partial charge in [0.25, 0.3) is 10.0 Å². The fourth-order valence-corrected chi connectivity index (χ4v) is 6.49. The van der Waals surface area contributed by atoms with E-state index in [9.17, 15) is 22.4 Å². The molecule has 0 aliphatic heterocycles. The van der Waals surface area contributed by atoms with Crippen LogP contribution in [-0.2, 0) is 32.6 Å². The van der Waals surface area contributed by atoms with Gasteiger partial charge in [0, 0.05) is 25.1 Å². The molecule has 7 nitrogen and oxygen atoms in total. The van der Waals surface area contributed by atoms with Crippen molar-refractivity contribution in [2.45, 2.75) is 51.1 Å². The molecule has 1 atom stereocenters. The Bertz CT molecular complexity index is 1660. The maximum atomic E-state index is 15.0. The van der Waals surface area contributed by atoms with Gasteiger partial charge >= 0.3 is 0 Å². The Kier molecular flexibility index (Phi) is 10.9. The highest BCUT2D eigenvalue weighted by Crippen LogP contribution is 2.27. The Morgan fingerprint density at radius 1 is 0.841 bits per heavy atom. The van der Waals surface area contributed by atoms with E-state index in [1.165, 1.54) is 23.1 Å². The second-order valence-electron chi connectivity index (χ2n) is 10.8. The molecule has 4 aromatic rings. The van der Waals surface area contributed by atoms with Crippen LogP contribution in [0, 0.1) is 19.7 Å². The van der Waals surface area contributed by atoms with Crippen molar-refractivity contribution in [3.8, 4) is 0 Å². The zero-order valence-corrected chi connectivity index (χ0v) is 26.1. The lowest BCUT2D eigenvalue weighted by Gasteiger charge is -2.34. The summed E-state index contributed by atoms with van der Waals surface area (Å²) < 4.78 is 44.2. The Labute approximate surface area is 259 Å². The highest BCUT2D eigenvalue weighted by atomic mass is 32.2. The fraction of sp³-hybridized carbons (Fsp3) is 0.257. The molecule has 1 N–H and O–H groups in total. The van der Waals surface area contributed by atoms with Crippen LogP contribution in [0.4, 0.5) is 10.1 Å². The molecular weight excluding hydrogens is 577 g/mol. The van der Waals surface area contributed by atoms with Gasteiger partial charge in [-0.25, -0.2) is 12.8 Å². The molecule has 2 amide bonds. The maximum Gasteiger partial charge on any atom is 0.264 e. The molecule has 9 heteroatoms. The molecule has 0 heterocycles. The molecule has 0 saturated carbocycles. The number of hydrogen-bond donors (Lipinski definition) is 1. The summed E-state index contributed by atoms with van der Waals surface area (Å²) in [4.78, 5) is 29.4. The van der Waals surface area contributed by atoms with Gasteiger partial charge in [0.2, 0.25) is 11.8 Å². The largest absolute Gasteiger partial charge is 0.354 e. The minimum Gasteiger partial charge on any atom is -0.354 e. The number of sulfonamides is 1. The molecule has 230 valence electrons. The molecular formula is C35H38FN3O4S. The first-order valence-corrected chi connectivity index (χ1v) is 16.0. The number of benzene rings is 4. The van der Waals surface area contributed by atoms with E-state index in [4.69, 9.17) is 0 Å². The molecule has 0 aromatic heterocycles. The number of hydrogen-bond acceptors (Lipinski definition) is 4. The average molecular weight is 616 g/mol. The number of carbonyl (C=O) groups is 2. The second-order valence-corrected chi connectivity index (χ2v) is 12.6. The minimum absolute atomic E-state index is 0.0223. The van der Waals surface area contributed by atoms with Gasteiger partial charge in [0.1, 0.15) is 18.4 Å². The summed E-state index contributed by atoms with van der Waals surface area (Å²) in [5.41, 5.74) is 2.99. The number of nitrogens with zero attached hydrogens (tertiary/aromatic N) is 2. The first-order valence-electron chi connectivity index (χ1n) is 14.6. The number of anilines is 1. The molecule has 0 aliphatic rings. The summed E-state index contributed by atoms with van der Waals surface area (Å²) in [5, 5.41) is 2.89. The Morgan fingerprint density at radius 2 is 1.43 bits per heavy atom. The normalized spacial score (nSPS) is 11.9. The van der Waals surface area contributed by atoms with Crippen LogP contribution >= 0.6 is 0 Å². The molecule has 4 aromatic carbocycles. The van der Waals surface area contributed by atoms with Gasteiger partial charge in [-0.1, -0.05) is 79.7 Å². The van der Waals surface area contributed by atoms with E-state index in [2.05, 4.69) is 5.32 Å². The van der Waals surface area contributed by atoms with Gasteiger partial charge in [0.05, 0.1) is 10.6 Å². The smallest absolute Gasteiger partial charge is 0.264 e. The predicted octanol–water partition coefficient (Wildman–Crippen LogP) is 5.80. The Balaban J connectivity index is 1.82. The molecule has 0 aliphatic carbocycles. The summed E-state index contributed by atoms with van der Waals surface area (Å²) in [5.74, 6) is -1.57. The molecule has 4 rings (SSSR count). The molecule has 0 spiro atoms. The zero-order chi connectivity index (χ0) is 31.7. The lowest BCUT2D eigenvalue weighted by molar-refractivity contribution is -0.140. The maximum absolute atomic E-state index is 15.0. The summed E-state index contributed by atoms with van der Waals surface area (Å²) in [7, 11) is -4.21. The van der Waals surface area contributed by atoms with Crippen LogP contribution in [-0.4, -0.2) is 44.3 Å². The number of amides is 2. The first kappa shape index (κ1) is 32.4. The summed E-state index contributed by atoms with van der Waals surface area (Å²) in [6.45, 7) is 5.19. The van der Waals surface area contributed by atoms with Gasteiger partial charge in [0.15, 0.2) is 0 Å². The van der Waals surface area contributed by atoms with Crippen molar-refractivity contribution >= 4 is 27.5 Å². The number of rotatable bonds is 13. The van der Waals surface area contributed by atoms with Crippen molar-refractivity contribution in [3.05, 3.63) is 131 Å². The van der Waals surface area contributed by atoms with Crippen LogP contribution in [0.25, 0.3) is 0 Å². The van der Waals surface area contributed by atoms with Crippen molar-refractivity contribution in [3.63, 3.8) is 0 Å². The van der Waals surface area contributed by atoms with E-state index in [1.54, 1.807) is 48.5 Å². The van der Waals surface area contributed by atoms with Gasteiger partial charge in [-0.05, 0) is 67.3 Å². The van der Waals surface area contributed by atoms with Crippen LogP contribution in [0.1, 0.15) is 35.6 Å². The van der Waals surface area contributed by atoms with E-state index in [-0.39, 0.29) is 23.4 Å². The van der Waals surface area contributed by atoms with E-state index >= 15 is 0 Å². The first-order chi connectivity index (χ1) is 21.1. The highest BCUT2D eigenvalue weighted by molar-refractivity contribution is 7.92. The van der Waals surface area contributed by atoms with Crippen LogP contribution in [0.15, 0.2) is 108 Å². The van der Waals surface area contributed by atoms with Crippen molar-refractivity contribution in [1.29, 1.82) is 0 Å². The van der Waals surface area contributed by atoms with Crippen LogP contribution < -0.4 is 9.62 Å². The summed E-state index contributed by atoms with van der Waals surface area (Å²) >= 11 is 0. The summed E-state index contributed by atoms with van der Waals surface area (Å²) in [6, 6.07) is 27.5. The van der Waals surface area contributed by atoms with Crippen LogP contribution in [0.3, 0.4) is 0 Å². The Morgan fingerprint density at radius 3 is 2.05 bits per heavy atom. The van der Waals surface area contributed by atoms with E-state index in [1.807, 2.05) is 57.2 Å². The van der Waals surface area contributed by atoms with Crippen molar-refractivity contribution in [2.75, 3.05) is 17.4 Å². The van der Waals surface area contributed by atoms with Crippen LogP contribution in [0.2, 0.25) is 0 Å². The topological polar surface area (TPSA) is 86.8 Å². The van der Waals surface area contributed by atoms with Crippen molar-refractivity contribution in [1.82, 2.24) is 10.2 Å². The van der Waals surface area contributed by atoms with E-state index in [0.29, 0.717) is 18.7 Å². The van der Waals surface area contributed by atoms with Crippen LogP contribution in [0.5, 0.6) is 0 Å². The fourth-order valence-electron chi connectivity index (χ4n) is 5.07.